The van der Waals surface area contributed by atoms with Crippen LogP contribution in [0, 0.1) is 0 Å². The molecule has 1 aromatic carbocycles. The van der Waals surface area contributed by atoms with Gasteiger partial charge in [-0.3, -0.25) is 9.36 Å². The van der Waals surface area contributed by atoms with Crippen molar-refractivity contribution in [2.45, 2.75) is 44.8 Å². The van der Waals surface area contributed by atoms with E-state index < -0.39 is 0 Å². The molecule has 1 N–H and O–H groups in total. The van der Waals surface area contributed by atoms with Crippen LogP contribution in [0.3, 0.4) is 0 Å². The monoisotopic (exact) mass is 417 g/mol. The van der Waals surface area contributed by atoms with Crippen LogP contribution in [0.25, 0.3) is 0 Å². The van der Waals surface area contributed by atoms with Crippen molar-refractivity contribution in [2.75, 3.05) is 34.9 Å². The molecule has 0 bridgehead atoms. The molecule has 0 spiro atoms. The van der Waals surface area contributed by atoms with Crippen LogP contribution in [0.15, 0.2) is 23.0 Å². The number of nitrogens with zero attached hydrogens (tertiary/aromatic N) is 4. The minimum absolute atomic E-state index is 0.0222. The van der Waals surface area contributed by atoms with E-state index in [0.29, 0.717) is 37.4 Å². The van der Waals surface area contributed by atoms with Gasteiger partial charge in [0.25, 0.3) is 0 Å². The molecular formula is C21H31N5O4. The lowest BCUT2D eigenvalue weighted by molar-refractivity contribution is -0.121. The van der Waals surface area contributed by atoms with E-state index in [4.69, 9.17) is 9.47 Å². The molecule has 1 aliphatic heterocycles. The van der Waals surface area contributed by atoms with Gasteiger partial charge < -0.3 is 19.7 Å². The van der Waals surface area contributed by atoms with Crippen LogP contribution < -0.4 is 20.5 Å². The zero-order valence-corrected chi connectivity index (χ0v) is 18.2. The lowest BCUT2D eigenvalue weighted by Gasteiger charge is -2.16. The molecule has 3 rings (SSSR count). The van der Waals surface area contributed by atoms with Crippen molar-refractivity contribution in [3.8, 4) is 11.5 Å². The van der Waals surface area contributed by atoms with Crippen LogP contribution in [0.2, 0.25) is 0 Å². The van der Waals surface area contributed by atoms with Gasteiger partial charge in [0.15, 0.2) is 11.5 Å². The number of carbonyl (C=O) groups is 1. The summed E-state index contributed by atoms with van der Waals surface area (Å²) in [6.07, 6.45) is 2.41. The summed E-state index contributed by atoms with van der Waals surface area (Å²) < 4.78 is 13.8. The van der Waals surface area contributed by atoms with Gasteiger partial charge in [0.2, 0.25) is 5.91 Å². The molecule has 1 aromatic heterocycles. The van der Waals surface area contributed by atoms with Gasteiger partial charge in [-0.1, -0.05) is 6.07 Å². The molecule has 0 radical (unpaired) electrons. The number of carbonyl (C=O) groups excluding carboxylic acids is 1. The summed E-state index contributed by atoms with van der Waals surface area (Å²) in [5, 5.41) is 7.61. The number of rotatable bonds is 8. The number of likely N-dealkylation sites (N-methyl/N-ethyl adjacent to an activating group) is 1. The Bertz CT molecular complexity index is 934. The van der Waals surface area contributed by atoms with Gasteiger partial charge in [0.1, 0.15) is 5.82 Å². The van der Waals surface area contributed by atoms with Crippen LogP contribution in [-0.2, 0) is 30.7 Å². The predicted octanol–water partition coefficient (Wildman–Crippen LogP) is 0.687. The fourth-order valence-corrected chi connectivity index (χ4v) is 3.67. The fourth-order valence-electron chi connectivity index (χ4n) is 3.67. The lowest BCUT2D eigenvalue weighted by Crippen LogP contribution is -2.37. The van der Waals surface area contributed by atoms with Crippen molar-refractivity contribution in [3.05, 3.63) is 40.1 Å². The van der Waals surface area contributed by atoms with Crippen molar-refractivity contribution < 1.29 is 14.3 Å². The van der Waals surface area contributed by atoms with Gasteiger partial charge in [-0.05, 0) is 44.6 Å². The number of benzene rings is 1. The molecule has 0 aliphatic carbocycles. The fraction of sp³-hybridized carbons (Fsp3) is 0.571. The second kappa shape index (κ2) is 9.80. The van der Waals surface area contributed by atoms with Gasteiger partial charge in [0.05, 0.1) is 27.2 Å². The molecule has 0 saturated heterocycles. The number of hydrogen-bond donors (Lipinski definition) is 1. The van der Waals surface area contributed by atoms with E-state index in [1.807, 2.05) is 31.1 Å². The Morgan fingerprint density at radius 3 is 2.70 bits per heavy atom. The summed E-state index contributed by atoms with van der Waals surface area (Å²) in [5.74, 6) is 2.00. The zero-order chi connectivity index (χ0) is 21.7. The molecule has 9 nitrogen and oxygen atoms in total. The van der Waals surface area contributed by atoms with Gasteiger partial charge in [-0.2, -0.15) is 5.10 Å². The quantitative estimate of drug-likeness (QED) is 0.680. The number of hydrogen-bond acceptors (Lipinski definition) is 6. The molecular weight excluding hydrogens is 386 g/mol. The van der Waals surface area contributed by atoms with Crippen LogP contribution >= 0.6 is 0 Å². The Hall–Kier alpha value is -2.81. The normalized spacial score (nSPS) is 16.1. The summed E-state index contributed by atoms with van der Waals surface area (Å²) in [7, 11) is 7.10. The van der Waals surface area contributed by atoms with Crippen LogP contribution in [-0.4, -0.2) is 66.1 Å². The summed E-state index contributed by atoms with van der Waals surface area (Å²) in [5.41, 5.74) is 0.791. The first-order valence-electron chi connectivity index (χ1n) is 10.2. The largest absolute Gasteiger partial charge is 0.493 e. The highest BCUT2D eigenvalue weighted by molar-refractivity contribution is 5.79. The number of fused-ring (bicyclic) bond motifs is 1. The Morgan fingerprint density at radius 2 is 2.00 bits per heavy atom. The first kappa shape index (κ1) is 21.9. The van der Waals surface area contributed by atoms with E-state index in [1.54, 1.807) is 29.5 Å². The third-order valence-electron chi connectivity index (χ3n) is 5.35. The highest BCUT2D eigenvalue weighted by Crippen LogP contribution is 2.27. The first-order valence-corrected chi connectivity index (χ1v) is 10.2. The van der Waals surface area contributed by atoms with Crippen molar-refractivity contribution in [1.29, 1.82) is 0 Å². The molecule has 30 heavy (non-hydrogen) atoms. The Kier molecular flexibility index (Phi) is 7.15. The summed E-state index contributed by atoms with van der Waals surface area (Å²) in [4.78, 5) is 27.2. The second-order valence-electron chi connectivity index (χ2n) is 7.83. The number of aryl methyl sites for hydroxylation is 1. The maximum atomic E-state index is 12.6. The second-order valence-corrected chi connectivity index (χ2v) is 7.83. The number of ether oxygens (including phenoxy) is 2. The van der Waals surface area contributed by atoms with Gasteiger partial charge in [-0.15, -0.1) is 0 Å². The summed E-state index contributed by atoms with van der Waals surface area (Å²) in [6, 6.07) is 5.50. The van der Waals surface area contributed by atoms with Crippen molar-refractivity contribution in [2.24, 2.45) is 0 Å². The van der Waals surface area contributed by atoms with E-state index in [1.165, 1.54) is 0 Å². The molecule has 1 unspecified atom stereocenters. The molecule has 1 aliphatic rings. The Morgan fingerprint density at radius 1 is 1.23 bits per heavy atom. The molecule has 9 heteroatoms. The molecule has 0 saturated carbocycles. The molecule has 1 amide bonds. The predicted molar refractivity (Wildman–Crippen MR) is 113 cm³/mol. The summed E-state index contributed by atoms with van der Waals surface area (Å²) in [6.45, 7) is 1.92. The Labute approximate surface area is 176 Å². The Balaban J connectivity index is 1.57. The maximum Gasteiger partial charge on any atom is 0.345 e. The van der Waals surface area contributed by atoms with Crippen molar-refractivity contribution in [3.63, 3.8) is 0 Å². The first-order chi connectivity index (χ1) is 14.4. The van der Waals surface area contributed by atoms with Gasteiger partial charge >= 0.3 is 5.69 Å². The number of amides is 1. The zero-order valence-electron chi connectivity index (χ0n) is 18.2. The number of methoxy groups -OCH3 is 2. The topological polar surface area (TPSA) is 90.6 Å². The smallest absolute Gasteiger partial charge is 0.345 e. The maximum absolute atomic E-state index is 12.6. The molecule has 0 fully saturated rings. The van der Waals surface area contributed by atoms with Crippen molar-refractivity contribution in [1.82, 2.24) is 24.6 Å². The third-order valence-corrected chi connectivity index (χ3v) is 5.35. The molecule has 2 heterocycles. The number of aromatic nitrogens is 3. The van der Waals surface area contributed by atoms with E-state index in [2.05, 4.69) is 10.4 Å². The number of nitrogens with one attached hydrogen (secondary N) is 1. The highest BCUT2D eigenvalue weighted by atomic mass is 16.5. The average Bonchev–Trinajstić information content (AvgIpc) is 2.88. The minimum atomic E-state index is -0.0656. The lowest BCUT2D eigenvalue weighted by atomic mass is 10.1. The van der Waals surface area contributed by atoms with E-state index >= 15 is 0 Å². The van der Waals surface area contributed by atoms with E-state index in [9.17, 15) is 9.59 Å². The van der Waals surface area contributed by atoms with Crippen LogP contribution in [0.4, 0.5) is 0 Å². The standard InChI is InChI=1S/C21H31N5O4/c1-24(2)11-12-26-21(28)25-10-9-16(6-8-19(25)23-26)22-20(27)14-15-5-7-17(29-3)18(13-15)30-4/h5,7,13,16H,6,8-12,14H2,1-4H3,(H,22,27). The van der Waals surface area contributed by atoms with Gasteiger partial charge in [0, 0.05) is 25.6 Å². The van der Waals surface area contributed by atoms with Crippen molar-refractivity contribution >= 4 is 5.91 Å². The SMILES string of the molecule is COc1ccc(CC(=O)NC2CCc3nn(CCN(C)C)c(=O)n3CC2)cc1OC. The summed E-state index contributed by atoms with van der Waals surface area (Å²) >= 11 is 0. The molecule has 1 atom stereocenters. The highest BCUT2D eigenvalue weighted by Gasteiger charge is 2.22. The molecule has 2 aromatic rings. The van der Waals surface area contributed by atoms with E-state index in [0.717, 1.165) is 24.4 Å². The molecule has 164 valence electrons. The van der Waals surface area contributed by atoms with Gasteiger partial charge in [-0.25, -0.2) is 9.48 Å². The minimum Gasteiger partial charge on any atom is -0.493 e. The average molecular weight is 418 g/mol. The van der Waals surface area contributed by atoms with E-state index in [-0.39, 0.29) is 24.1 Å². The van der Waals surface area contributed by atoms with Crippen LogP contribution in [0.1, 0.15) is 24.2 Å². The third kappa shape index (κ3) is 5.21. The van der Waals surface area contributed by atoms with Crippen LogP contribution in [0.5, 0.6) is 11.5 Å².